The second kappa shape index (κ2) is 4.11. The third-order valence-corrected chi connectivity index (χ3v) is 3.38. The summed E-state index contributed by atoms with van der Waals surface area (Å²) in [5, 5.41) is 21.2. The Kier molecular flexibility index (Phi) is 3.03. The third kappa shape index (κ3) is 2.23. The number of halogens is 1. The van der Waals surface area contributed by atoms with Gasteiger partial charge in [0.2, 0.25) is 0 Å². The van der Waals surface area contributed by atoms with Crippen LogP contribution < -0.4 is 5.32 Å². The Bertz CT molecular complexity index is 308. The van der Waals surface area contributed by atoms with Gasteiger partial charge in [-0.3, -0.25) is 0 Å². The maximum absolute atomic E-state index is 10.2. The van der Waals surface area contributed by atoms with Crippen LogP contribution in [0.25, 0.3) is 0 Å². The summed E-state index contributed by atoms with van der Waals surface area (Å²) in [7, 11) is 0. The van der Waals surface area contributed by atoms with E-state index in [2.05, 4.69) is 38.2 Å². The van der Waals surface area contributed by atoms with Crippen molar-refractivity contribution in [3.05, 3.63) is 9.90 Å². The summed E-state index contributed by atoms with van der Waals surface area (Å²) in [6, 6.07) is 0. The Morgan fingerprint density at radius 2 is 2.29 bits per heavy atom. The number of nitrogens with zero attached hydrogens (tertiary/aromatic N) is 3. The molecule has 1 aliphatic heterocycles. The fourth-order valence-corrected chi connectivity index (χ4v) is 2.07. The molecule has 1 aliphatic rings. The highest BCUT2D eigenvalue weighted by molar-refractivity contribution is 14.1. The molecule has 78 valence electrons. The van der Waals surface area contributed by atoms with E-state index in [0.29, 0.717) is 6.54 Å². The molecule has 14 heavy (non-hydrogen) atoms. The van der Waals surface area contributed by atoms with Gasteiger partial charge in [-0.15, -0.1) is 5.10 Å². The molecule has 0 aromatic carbocycles. The van der Waals surface area contributed by atoms with Crippen LogP contribution in [-0.4, -0.2) is 38.8 Å². The highest BCUT2D eigenvalue weighted by Gasteiger charge is 2.30. The van der Waals surface area contributed by atoms with Crippen LogP contribution in [0.4, 0.5) is 0 Å². The van der Waals surface area contributed by atoms with E-state index >= 15 is 0 Å². The SMILES string of the molecule is OC1(Cn2nncc2I)CCNCC1. The molecule has 0 aliphatic carbocycles. The van der Waals surface area contributed by atoms with Crippen molar-refractivity contribution < 1.29 is 5.11 Å². The minimum Gasteiger partial charge on any atom is -0.388 e. The maximum Gasteiger partial charge on any atom is 0.119 e. The summed E-state index contributed by atoms with van der Waals surface area (Å²) in [5.74, 6) is 0. The highest BCUT2D eigenvalue weighted by atomic mass is 127. The van der Waals surface area contributed by atoms with Crippen molar-refractivity contribution in [3.8, 4) is 0 Å². The van der Waals surface area contributed by atoms with Gasteiger partial charge >= 0.3 is 0 Å². The summed E-state index contributed by atoms with van der Waals surface area (Å²) in [4.78, 5) is 0. The molecule has 0 spiro atoms. The predicted molar refractivity (Wildman–Crippen MR) is 59.8 cm³/mol. The summed E-state index contributed by atoms with van der Waals surface area (Å²) in [6.07, 6.45) is 3.26. The van der Waals surface area contributed by atoms with Gasteiger partial charge in [0.05, 0.1) is 18.3 Å². The van der Waals surface area contributed by atoms with E-state index in [-0.39, 0.29) is 0 Å². The zero-order valence-corrected chi connectivity index (χ0v) is 9.94. The lowest BCUT2D eigenvalue weighted by Gasteiger charge is -2.32. The Hall–Kier alpha value is -0.210. The lowest BCUT2D eigenvalue weighted by molar-refractivity contribution is -0.00926. The fourth-order valence-electron chi connectivity index (χ4n) is 1.68. The molecule has 0 unspecified atom stereocenters. The minimum absolute atomic E-state index is 0.549. The third-order valence-electron chi connectivity index (χ3n) is 2.55. The first-order chi connectivity index (χ1) is 6.70. The second-order valence-electron chi connectivity index (χ2n) is 3.69. The normalized spacial score (nSPS) is 21.0. The molecule has 2 rings (SSSR count). The molecule has 1 aromatic heterocycles. The fraction of sp³-hybridized carbons (Fsp3) is 0.750. The zero-order chi connectivity index (χ0) is 10.0. The van der Waals surface area contributed by atoms with E-state index in [9.17, 15) is 5.11 Å². The van der Waals surface area contributed by atoms with Gasteiger partial charge in [0, 0.05) is 0 Å². The van der Waals surface area contributed by atoms with Crippen molar-refractivity contribution in [3.63, 3.8) is 0 Å². The van der Waals surface area contributed by atoms with Crippen LogP contribution in [0.1, 0.15) is 12.8 Å². The molecule has 0 amide bonds. The van der Waals surface area contributed by atoms with Crippen LogP contribution in [0, 0.1) is 3.70 Å². The molecule has 0 bridgehead atoms. The van der Waals surface area contributed by atoms with Crippen LogP contribution >= 0.6 is 22.6 Å². The van der Waals surface area contributed by atoms with Crippen LogP contribution in [0.3, 0.4) is 0 Å². The number of nitrogens with one attached hydrogen (secondary N) is 1. The molecule has 2 N–H and O–H groups in total. The molecule has 1 fully saturated rings. The first-order valence-corrected chi connectivity index (χ1v) is 5.75. The number of hydrogen-bond acceptors (Lipinski definition) is 4. The summed E-state index contributed by atoms with van der Waals surface area (Å²) >= 11 is 2.17. The largest absolute Gasteiger partial charge is 0.388 e. The standard InChI is InChI=1S/C8H13IN4O/c9-7-5-11-12-13(7)6-8(14)1-3-10-4-2-8/h5,10,14H,1-4,6H2. The van der Waals surface area contributed by atoms with Crippen molar-refractivity contribution in [2.45, 2.75) is 25.0 Å². The number of aromatic nitrogens is 3. The molecular weight excluding hydrogens is 295 g/mol. The van der Waals surface area contributed by atoms with Gasteiger partial charge < -0.3 is 10.4 Å². The van der Waals surface area contributed by atoms with E-state index in [1.807, 2.05) is 0 Å². The summed E-state index contributed by atoms with van der Waals surface area (Å²) in [6.45, 7) is 2.30. The van der Waals surface area contributed by atoms with Crippen molar-refractivity contribution in [2.24, 2.45) is 0 Å². The van der Waals surface area contributed by atoms with E-state index in [4.69, 9.17) is 0 Å². The van der Waals surface area contributed by atoms with Gasteiger partial charge in [-0.25, -0.2) is 4.68 Å². The van der Waals surface area contributed by atoms with Gasteiger partial charge in [0.1, 0.15) is 3.70 Å². The van der Waals surface area contributed by atoms with Crippen molar-refractivity contribution in [1.29, 1.82) is 0 Å². The summed E-state index contributed by atoms with van der Waals surface area (Å²) < 4.78 is 2.72. The van der Waals surface area contributed by atoms with Crippen molar-refractivity contribution in [2.75, 3.05) is 13.1 Å². The second-order valence-corrected chi connectivity index (χ2v) is 4.79. The van der Waals surface area contributed by atoms with Crippen LogP contribution in [0.15, 0.2) is 6.20 Å². The Labute approximate surface area is 96.0 Å². The summed E-state index contributed by atoms with van der Waals surface area (Å²) in [5.41, 5.74) is -0.612. The number of rotatable bonds is 2. The molecular formula is C8H13IN4O. The van der Waals surface area contributed by atoms with Gasteiger partial charge in [0.25, 0.3) is 0 Å². The van der Waals surface area contributed by atoms with Gasteiger partial charge in [0.15, 0.2) is 0 Å². The van der Waals surface area contributed by atoms with Crippen LogP contribution in [-0.2, 0) is 6.54 Å². The predicted octanol–water partition coefficient (Wildman–Crippen LogP) is -0.00280. The molecule has 5 nitrogen and oxygen atoms in total. The van der Waals surface area contributed by atoms with E-state index in [1.54, 1.807) is 10.9 Å². The minimum atomic E-state index is -0.612. The first kappa shape index (κ1) is 10.3. The van der Waals surface area contributed by atoms with Gasteiger partial charge in [-0.2, -0.15) is 0 Å². The molecule has 6 heteroatoms. The van der Waals surface area contributed by atoms with E-state index < -0.39 is 5.60 Å². The topological polar surface area (TPSA) is 63.0 Å². The monoisotopic (exact) mass is 308 g/mol. The van der Waals surface area contributed by atoms with Crippen LogP contribution in [0.5, 0.6) is 0 Å². The Morgan fingerprint density at radius 3 is 2.86 bits per heavy atom. The number of aliphatic hydroxyl groups is 1. The zero-order valence-electron chi connectivity index (χ0n) is 7.78. The van der Waals surface area contributed by atoms with E-state index in [0.717, 1.165) is 29.6 Å². The van der Waals surface area contributed by atoms with Crippen molar-refractivity contribution >= 4 is 22.6 Å². The number of piperidine rings is 1. The van der Waals surface area contributed by atoms with Gasteiger partial charge in [-0.05, 0) is 48.5 Å². The maximum atomic E-state index is 10.2. The lowest BCUT2D eigenvalue weighted by Crippen LogP contribution is -2.45. The Morgan fingerprint density at radius 1 is 1.57 bits per heavy atom. The first-order valence-electron chi connectivity index (χ1n) is 4.67. The molecule has 0 saturated carbocycles. The number of hydrogen-bond donors (Lipinski definition) is 2. The van der Waals surface area contributed by atoms with Crippen molar-refractivity contribution in [1.82, 2.24) is 20.3 Å². The van der Waals surface area contributed by atoms with Crippen LogP contribution in [0.2, 0.25) is 0 Å². The average Bonchev–Trinajstić information content (AvgIpc) is 2.52. The highest BCUT2D eigenvalue weighted by Crippen LogP contribution is 2.20. The quantitative estimate of drug-likeness (QED) is 0.755. The lowest BCUT2D eigenvalue weighted by atomic mass is 9.92. The Balaban J connectivity index is 2.05. The molecule has 1 saturated heterocycles. The molecule has 1 aromatic rings. The smallest absolute Gasteiger partial charge is 0.119 e. The molecule has 0 atom stereocenters. The van der Waals surface area contributed by atoms with E-state index in [1.165, 1.54) is 0 Å². The van der Waals surface area contributed by atoms with Gasteiger partial charge in [-0.1, -0.05) is 5.21 Å². The molecule has 0 radical (unpaired) electrons. The average molecular weight is 308 g/mol. The molecule has 2 heterocycles.